The van der Waals surface area contributed by atoms with E-state index in [1.54, 1.807) is 6.07 Å². The van der Waals surface area contributed by atoms with Gasteiger partial charge < -0.3 is 10.2 Å². The van der Waals surface area contributed by atoms with Crippen molar-refractivity contribution in [1.29, 1.82) is 0 Å². The molecule has 0 aliphatic heterocycles. The van der Waals surface area contributed by atoms with E-state index in [2.05, 4.69) is 0 Å². The molecule has 0 saturated heterocycles. The normalized spacial score (nSPS) is 10.4. The third-order valence-corrected chi connectivity index (χ3v) is 2.54. The number of hydrogen-bond donors (Lipinski definition) is 2. The second kappa shape index (κ2) is 5.54. The molecule has 1 aromatic carbocycles. The van der Waals surface area contributed by atoms with E-state index in [4.69, 9.17) is 5.11 Å². The number of benzene rings is 1. The van der Waals surface area contributed by atoms with Gasteiger partial charge in [0.2, 0.25) is 0 Å². The van der Waals surface area contributed by atoms with Crippen LogP contribution in [0.25, 0.3) is 0 Å². The van der Waals surface area contributed by atoms with Crippen molar-refractivity contribution in [2.24, 2.45) is 0 Å². The predicted molar refractivity (Wildman–Crippen MR) is 63.1 cm³/mol. The first-order valence-electron chi connectivity index (χ1n) is 5.68. The first-order chi connectivity index (χ1) is 7.60. The van der Waals surface area contributed by atoms with Crippen molar-refractivity contribution in [2.75, 3.05) is 0 Å². The van der Waals surface area contributed by atoms with Crippen molar-refractivity contribution in [3.8, 4) is 5.75 Å². The van der Waals surface area contributed by atoms with Gasteiger partial charge in [-0.3, -0.25) is 0 Å². The van der Waals surface area contributed by atoms with Crippen molar-refractivity contribution >= 4 is 5.97 Å². The molecule has 3 heteroatoms. The Morgan fingerprint density at radius 3 is 2.31 bits per heavy atom. The fourth-order valence-corrected chi connectivity index (χ4v) is 1.82. The van der Waals surface area contributed by atoms with E-state index in [-0.39, 0.29) is 11.3 Å². The van der Waals surface area contributed by atoms with E-state index in [0.717, 1.165) is 30.4 Å². The van der Waals surface area contributed by atoms with Crippen LogP contribution in [-0.4, -0.2) is 16.2 Å². The second-order valence-corrected chi connectivity index (χ2v) is 3.96. The molecule has 1 rings (SSSR count). The van der Waals surface area contributed by atoms with Gasteiger partial charge in [-0.2, -0.15) is 0 Å². The standard InChI is InChI=1S/C13H18O3/c1-3-5-9-7-10(6-4-2)12(14)11(8-9)13(15)16/h7-8,14H,3-6H2,1-2H3,(H,15,16). The average molecular weight is 222 g/mol. The summed E-state index contributed by atoms with van der Waals surface area (Å²) in [7, 11) is 0. The summed E-state index contributed by atoms with van der Waals surface area (Å²) in [6.45, 7) is 4.05. The van der Waals surface area contributed by atoms with Crippen molar-refractivity contribution in [3.63, 3.8) is 0 Å². The van der Waals surface area contributed by atoms with Crippen LogP contribution in [-0.2, 0) is 12.8 Å². The second-order valence-electron chi connectivity index (χ2n) is 3.96. The topological polar surface area (TPSA) is 57.5 Å². The summed E-state index contributed by atoms with van der Waals surface area (Å²) in [5.74, 6) is -1.14. The average Bonchev–Trinajstić information content (AvgIpc) is 2.23. The SMILES string of the molecule is CCCc1cc(CCC)c(O)c(C(=O)O)c1. The molecule has 1 aromatic rings. The molecule has 0 aliphatic rings. The number of carbonyl (C=O) groups is 1. The van der Waals surface area contributed by atoms with Crippen LogP contribution in [0.15, 0.2) is 12.1 Å². The summed E-state index contributed by atoms with van der Waals surface area (Å²) in [6.07, 6.45) is 3.42. The lowest BCUT2D eigenvalue weighted by Crippen LogP contribution is -2.01. The fourth-order valence-electron chi connectivity index (χ4n) is 1.82. The molecule has 0 atom stereocenters. The number of carboxylic acids is 1. The summed E-state index contributed by atoms with van der Waals surface area (Å²) in [5, 5.41) is 18.8. The van der Waals surface area contributed by atoms with Crippen LogP contribution in [0.3, 0.4) is 0 Å². The van der Waals surface area contributed by atoms with Gasteiger partial charge in [0.05, 0.1) is 0 Å². The molecule has 0 saturated carbocycles. The molecular formula is C13H18O3. The van der Waals surface area contributed by atoms with E-state index < -0.39 is 5.97 Å². The van der Waals surface area contributed by atoms with Crippen LogP contribution in [0.2, 0.25) is 0 Å². The molecule has 0 aliphatic carbocycles. The number of aromatic hydroxyl groups is 1. The van der Waals surface area contributed by atoms with Crippen LogP contribution in [0.4, 0.5) is 0 Å². The van der Waals surface area contributed by atoms with Crippen LogP contribution in [0.5, 0.6) is 5.75 Å². The molecule has 0 radical (unpaired) electrons. The van der Waals surface area contributed by atoms with Gasteiger partial charge in [-0.25, -0.2) is 4.79 Å². The number of rotatable bonds is 5. The van der Waals surface area contributed by atoms with Gasteiger partial charge in [0.25, 0.3) is 0 Å². The molecule has 88 valence electrons. The molecule has 0 spiro atoms. The highest BCUT2D eigenvalue weighted by atomic mass is 16.4. The highest BCUT2D eigenvalue weighted by Gasteiger charge is 2.14. The van der Waals surface area contributed by atoms with Crippen LogP contribution in [0.1, 0.15) is 48.2 Å². The van der Waals surface area contributed by atoms with Crippen molar-refractivity contribution in [2.45, 2.75) is 39.5 Å². The summed E-state index contributed by atoms with van der Waals surface area (Å²) < 4.78 is 0. The molecule has 0 aromatic heterocycles. The zero-order valence-electron chi connectivity index (χ0n) is 9.79. The summed E-state index contributed by atoms with van der Waals surface area (Å²) in [6, 6.07) is 3.48. The Morgan fingerprint density at radius 1 is 1.19 bits per heavy atom. The van der Waals surface area contributed by atoms with Gasteiger partial charge in [-0.15, -0.1) is 0 Å². The molecule has 0 fully saturated rings. The Bertz CT molecular complexity index is 383. The van der Waals surface area contributed by atoms with Crippen molar-refractivity contribution in [3.05, 3.63) is 28.8 Å². The molecule has 2 N–H and O–H groups in total. The van der Waals surface area contributed by atoms with E-state index in [1.165, 1.54) is 0 Å². The van der Waals surface area contributed by atoms with Crippen molar-refractivity contribution < 1.29 is 15.0 Å². The van der Waals surface area contributed by atoms with Gasteiger partial charge in [-0.1, -0.05) is 32.8 Å². The minimum absolute atomic E-state index is 0.0226. The van der Waals surface area contributed by atoms with Crippen molar-refractivity contribution in [1.82, 2.24) is 0 Å². The first kappa shape index (κ1) is 12.6. The number of carboxylic acid groups (broad SMARTS) is 1. The summed E-state index contributed by atoms with van der Waals surface area (Å²) in [4.78, 5) is 11.0. The third kappa shape index (κ3) is 2.75. The van der Waals surface area contributed by atoms with Gasteiger partial charge in [0.15, 0.2) is 0 Å². The van der Waals surface area contributed by atoms with Gasteiger partial charge in [0.1, 0.15) is 11.3 Å². The van der Waals surface area contributed by atoms with Gasteiger partial charge >= 0.3 is 5.97 Å². The molecular weight excluding hydrogens is 204 g/mol. The maximum Gasteiger partial charge on any atom is 0.339 e. The van der Waals surface area contributed by atoms with Gasteiger partial charge in [0, 0.05) is 0 Å². The molecule has 3 nitrogen and oxygen atoms in total. The maximum absolute atomic E-state index is 11.0. The lowest BCUT2D eigenvalue weighted by atomic mass is 9.98. The monoisotopic (exact) mass is 222 g/mol. The number of aromatic carboxylic acids is 1. The smallest absolute Gasteiger partial charge is 0.339 e. The lowest BCUT2D eigenvalue weighted by molar-refractivity contribution is 0.0693. The van der Waals surface area contributed by atoms with E-state index in [1.807, 2.05) is 19.9 Å². The molecule has 0 heterocycles. The number of hydrogen-bond acceptors (Lipinski definition) is 2. The molecule has 0 bridgehead atoms. The fraction of sp³-hybridized carbons (Fsp3) is 0.462. The Hall–Kier alpha value is -1.51. The maximum atomic E-state index is 11.0. The minimum atomic E-state index is -1.06. The molecule has 0 unspecified atom stereocenters. The van der Waals surface area contributed by atoms with Gasteiger partial charge in [-0.05, 0) is 30.0 Å². The van der Waals surface area contributed by atoms with E-state index in [0.29, 0.717) is 6.42 Å². The van der Waals surface area contributed by atoms with E-state index >= 15 is 0 Å². The molecule has 16 heavy (non-hydrogen) atoms. The zero-order valence-corrected chi connectivity index (χ0v) is 9.79. The van der Waals surface area contributed by atoms with Crippen LogP contribution < -0.4 is 0 Å². The Morgan fingerprint density at radius 2 is 1.81 bits per heavy atom. The summed E-state index contributed by atoms with van der Waals surface area (Å²) in [5.41, 5.74) is 1.75. The Kier molecular flexibility index (Phi) is 4.35. The zero-order chi connectivity index (χ0) is 12.1. The molecule has 0 amide bonds. The third-order valence-electron chi connectivity index (χ3n) is 2.54. The quantitative estimate of drug-likeness (QED) is 0.805. The highest BCUT2D eigenvalue weighted by Crippen LogP contribution is 2.26. The van der Waals surface area contributed by atoms with Crippen LogP contribution >= 0.6 is 0 Å². The lowest BCUT2D eigenvalue weighted by Gasteiger charge is -2.09. The summed E-state index contributed by atoms with van der Waals surface area (Å²) >= 11 is 0. The largest absolute Gasteiger partial charge is 0.507 e. The first-order valence-corrected chi connectivity index (χ1v) is 5.68. The number of phenols is 1. The Labute approximate surface area is 95.7 Å². The predicted octanol–water partition coefficient (Wildman–Crippen LogP) is 3.00. The van der Waals surface area contributed by atoms with E-state index in [9.17, 15) is 9.90 Å². The Balaban J connectivity index is 3.21. The van der Waals surface area contributed by atoms with Crippen LogP contribution in [0, 0.1) is 0 Å². The number of aryl methyl sites for hydroxylation is 2. The highest BCUT2D eigenvalue weighted by molar-refractivity contribution is 5.91. The minimum Gasteiger partial charge on any atom is -0.507 e.